The number of aliphatic hydroxyl groups excluding tert-OH is 1. The number of carbonyl (C=O) groups excluding carboxylic acids is 1. The lowest BCUT2D eigenvalue weighted by Gasteiger charge is -2.16. The molecular formula is C7H14O3. The van der Waals surface area contributed by atoms with Gasteiger partial charge in [-0.05, 0) is 13.3 Å². The standard InChI is InChI=1S/C7H14O3/c1-6(9)7(10-2)4-3-5-8/h5-7,9H,3-4H2,1-2H3/t6-,7+/m1/s1. The topological polar surface area (TPSA) is 46.5 Å². The van der Waals surface area contributed by atoms with Gasteiger partial charge in [0.2, 0.25) is 0 Å². The van der Waals surface area contributed by atoms with E-state index in [-0.39, 0.29) is 6.10 Å². The predicted molar refractivity (Wildman–Crippen MR) is 37.8 cm³/mol. The lowest BCUT2D eigenvalue weighted by atomic mass is 10.1. The maximum absolute atomic E-state index is 9.91. The quantitative estimate of drug-likeness (QED) is 0.570. The van der Waals surface area contributed by atoms with Crippen molar-refractivity contribution in [1.82, 2.24) is 0 Å². The Morgan fingerprint density at radius 1 is 1.70 bits per heavy atom. The highest BCUT2D eigenvalue weighted by Crippen LogP contribution is 2.04. The van der Waals surface area contributed by atoms with E-state index in [0.29, 0.717) is 12.8 Å². The molecule has 0 saturated carbocycles. The van der Waals surface area contributed by atoms with Gasteiger partial charge in [-0.2, -0.15) is 0 Å². The highest BCUT2D eigenvalue weighted by molar-refractivity contribution is 5.49. The number of hydrogen-bond donors (Lipinski definition) is 1. The molecule has 0 aliphatic rings. The Morgan fingerprint density at radius 3 is 2.60 bits per heavy atom. The van der Waals surface area contributed by atoms with Gasteiger partial charge in [0.05, 0.1) is 12.2 Å². The van der Waals surface area contributed by atoms with Gasteiger partial charge in [-0.15, -0.1) is 0 Å². The molecule has 0 fully saturated rings. The Balaban J connectivity index is 3.49. The van der Waals surface area contributed by atoms with Crippen molar-refractivity contribution in [3.05, 3.63) is 0 Å². The molecular weight excluding hydrogens is 132 g/mol. The molecule has 0 aliphatic carbocycles. The highest BCUT2D eigenvalue weighted by atomic mass is 16.5. The molecule has 1 N–H and O–H groups in total. The van der Waals surface area contributed by atoms with E-state index in [1.165, 1.54) is 7.11 Å². The van der Waals surface area contributed by atoms with Crippen molar-refractivity contribution in [2.75, 3.05) is 7.11 Å². The SMILES string of the molecule is CO[C@@H](CCC=O)[C@@H](C)O. The number of hydrogen-bond acceptors (Lipinski definition) is 3. The lowest BCUT2D eigenvalue weighted by Crippen LogP contribution is -2.24. The molecule has 0 heterocycles. The Kier molecular flexibility index (Phi) is 5.16. The zero-order chi connectivity index (χ0) is 7.98. The Labute approximate surface area is 61.0 Å². The smallest absolute Gasteiger partial charge is 0.120 e. The van der Waals surface area contributed by atoms with Crippen molar-refractivity contribution in [3.8, 4) is 0 Å². The molecule has 0 aromatic rings. The minimum atomic E-state index is -0.495. The lowest BCUT2D eigenvalue weighted by molar-refractivity contribution is -0.108. The summed E-state index contributed by atoms with van der Waals surface area (Å²) in [4.78, 5) is 9.91. The minimum absolute atomic E-state index is 0.204. The zero-order valence-corrected chi connectivity index (χ0v) is 6.41. The summed E-state index contributed by atoms with van der Waals surface area (Å²) in [5.41, 5.74) is 0. The summed E-state index contributed by atoms with van der Waals surface area (Å²) in [6, 6.07) is 0. The van der Waals surface area contributed by atoms with E-state index >= 15 is 0 Å². The molecule has 10 heavy (non-hydrogen) atoms. The first-order chi connectivity index (χ1) is 4.72. The van der Waals surface area contributed by atoms with Gasteiger partial charge in [-0.25, -0.2) is 0 Å². The maximum atomic E-state index is 9.91. The molecule has 60 valence electrons. The maximum Gasteiger partial charge on any atom is 0.120 e. The molecule has 0 amide bonds. The molecule has 0 aliphatic heterocycles. The fraction of sp³-hybridized carbons (Fsp3) is 0.857. The Hall–Kier alpha value is -0.410. The summed E-state index contributed by atoms with van der Waals surface area (Å²) in [6.45, 7) is 1.65. The average Bonchev–Trinajstić information content (AvgIpc) is 1.89. The fourth-order valence-corrected chi connectivity index (χ4v) is 0.788. The minimum Gasteiger partial charge on any atom is -0.391 e. The first kappa shape index (κ1) is 9.59. The van der Waals surface area contributed by atoms with Gasteiger partial charge in [0, 0.05) is 13.5 Å². The van der Waals surface area contributed by atoms with Crippen LogP contribution in [0.5, 0.6) is 0 Å². The second-order valence-corrected chi connectivity index (χ2v) is 2.26. The molecule has 0 rings (SSSR count). The molecule has 3 heteroatoms. The van der Waals surface area contributed by atoms with Crippen LogP contribution in [0.1, 0.15) is 19.8 Å². The molecule has 0 saturated heterocycles. The highest BCUT2D eigenvalue weighted by Gasteiger charge is 2.12. The summed E-state index contributed by atoms with van der Waals surface area (Å²) in [5, 5.41) is 9.00. The van der Waals surface area contributed by atoms with Gasteiger partial charge in [-0.1, -0.05) is 0 Å². The summed E-state index contributed by atoms with van der Waals surface area (Å²) < 4.78 is 4.90. The second kappa shape index (κ2) is 5.38. The van der Waals surface area contributed by atoms with Crippen molar-refractivity contribution < 1.29 is 14.6 Å². The van der Waals surface area contributed by atoms with Crippen LogP contribution in [-0.4, -0.2) is 30.7 Å². The monoisotopic (exact) mass is 146 g/mol. The molecule has 0 spiro atoms. The van der Waals surface area contributed by atoms with Crippen molar-refractivity contribution in [2.45, 2.75) is 32.0 Å². The normalized spacial score (nSPS) is 16.3. The number of aliphatic hydroxyl groups is 1. The number of ether oxygens (including phenoxy) is 1. The number of methoxy groups -OCH3 is 1. The summed E-state index contributed by atoms with van der Waals surface area (Å²) in [6.07, 6.45) is 1.17. The van der Waals surface area contributed by atoms with Gasteiger partial charge in [0.1, 0.15) is 6.29 Å². The van der Waals surface area contributed by atoms with Crippen LogP contribution in [-0.2, 0) is 9.53 Å². The molecule has 0 aromatic heterocycles. The van der Waals surface area contributed by atoms with Crippen LogP contribution in [0.2, 0.25) is 0 Å². The first-order valence-corrected chi connectivity index (χ1v) is 3.37. The van der Waals surface area contributed by atoms with Gasteiger partial charge >= 0.3 is 0 Å². The van der Waals surface area contributed by atoms with Crippen LogP contribution in [0.15, 0.2) is 0 Å². The Morgan fingerprint density at radius 2 is 2.30 bits per heavy atom. The van der Waals surface area contributed by atoms with E-state index in [1.807, 2.05) is 0 Å². The van der Waals surface area contributed by atoms with Crippen LogP contribution in [0.25, 0.3) is 0 Å². The van der Waals surface area contributed by atoms with Crippen molar-refractivity contribution in [3.63, 3.8) is 0 Å². The van der Waals surface area contributed by atoms with E-state index < -0.39 is 6.10 Å². The van der Waals surface area contributed by atoms with Crippen LogP contribution >= 0.6 is 0 Å². The molecule has 2 atom stereocenters. The van der Waals surface area contributed by atoms with Crippen molar-refractivity contribution in [1.29, 1.82) is 0 Å². The van der Waals surface area contributed by atoms with E-state index in [4.69, 9.17) is 9.84 Å². The Bertz CT molecular complexity index is 90.9. The number of aldehydes is 1. The predicted octanol–water partition coefficient (Wildman–Crippen LogP) is 0.361. The molecule has 0 radical (unpaired) electrons. The van der Waals surface area contributed by atoms with Crippen molar-refractivity contribution in [2.24, 2.45) is 0 Å². The van der Waals surface area contributed by atoms with E-state index in [1.54, 1.807) is 6.92 Å². The summed E-state index contributed by atoms with van der Waals surface area (Å²) >= 11 is 0. The fourth-order valence-electron chi connectivity index (χ4n) is 0.788. The second-order valence-electron chi connectivity index (χ2n) is 2.26. The third kappa shape index (κ3) is 3.58. The number of carbonyl (C=O) groups is 1. The summed E-state index contributed by atoms with van der Waals surface area (Å²) in [7, 11) is 1.53. The third-order valence-corrected chi connectivity index (χ3v) is 1.41. The largest absolute Gasteiger partial charge is 0.391 e. The van der Waals surface area contributed by atoms with Gasteiger partial charge < -0.3 is 14.6 Å². The molecule has 0 aromatic carbocycles. The molecule has 0 bridgehead atoms. The van der Waals surface area contributed by atoms with E-state index in [2.05, 4.69) is 0 Å². The van der Waals surface area contributed by atoms with Crippen LogP contribution in [0.3, 0.4) is 0 Å². The average molecular weight is 146 g/mol. The zero-order valence-electron chi connectivity index (χ0n) is 6.41. The first-order valence-electron chi connectivity index (χ1n) is 3.37. The number of rotatable bonds is 5. The van der Waals surface area contributed by atoms with Gasteiger partial charge in [0.25, 0.3) is 0 Å². The van der Waals surface area contributed by atoms with E-state index in [0.717, 1.165) is 6.29 Å². The third-order valence-electron chi connectivity index (χ3n) is 1.41. The summed E-state index contributed by atoms with van der Waals surface area (Å²) in [5.74, 6) is 0. The van der Waals surface area contributed by atoms with Crippen LogP contribution in [0.4, 0.5) is 0 Å². The van der Waals surface area contributed by atoms with Gasteiger partial charge in [0.15, 0.2) is 0 Å². The molecule has 3 nitrogen and oxygen atoms in total. The van der Waals surface area contributed by atoms with Gasteiger partial charge in [-0.3, -0.25) is 0 Å². The van der Waals surface area contributed by atoms with Crippen molar-refractivity contribution >= 4 is 6.29 Å². The van der Waals surface area contributed by atoms with Crippen LogP contribution < -0.4 is 0 Å². The van der Waals surface area contributed by atoms with E-state index in [9.17, 15) is 4.79 Å². The van der Waals surface area contributed by atoms with Crippen LogP contribution in [0, 0.1) is 0 Å². The molecule has 0 unspecified atom stereocenters.